The molecule has 0 unspecified atom stereocenters. The first kappa shape index (κ1) is 19.5. The third kappa shape index (κ3) is 7.07. The van der Waals surface area contributed by atoms with E-state index >= 15 is 0 Å². The number of esters is 1. The second-order valence-corrected chi connectivity index (χ2v) is 5.32. The van der Waals surface area contributed by atoms with Gasteiger partial charge in [-0.2, -0.15) is 0 Å². The van der Waals surface area contributed by atoms with Crippen LogP contribution in [0, 0.1) is 0 Å². The lowest BCUT2D eigenvalue weighted by Gasteiger charge is -2.21. The molecular weight excluding hydrogens is 345 g/mol. The number of hydrogen-bond acceptors (Lipinski definition) is 5. The first-order valence-electron chi connectivity index (χ1n) is 6.98. The van der Waals surface area contributed by atoms with Crippen molar-refractivity contribution in [1.82, 2.24) is 4.90 Å². The molecule has 0 aliphatic heterocycles. The lowest BCUT2D eigenvalue weighted by molar-refractivity contribution is -0.149. The average Bonchev–Trinajstić information content (AvgIpc) is 2.50. The summed E-state index contributed by atoms with van der Waals surface area (Å²) in [4.78, 5) is 25.1. The van der Waals surface area contributed by atoms with E-state index in [9.17, 15) is 9.59 Å². The van der Waals surface area contributed by atoms with Crippen LogP contribution in [0.4, 0.5) is 0 Å². The Labute approximate surface area is 145 Å². The molecule has 1 amide bonds. The zero-order valence-electron chi connectivity index (χ0n) is 13.0. The summed E-state index contributed by atoms with van der Waals surface area (Å²) in [6.45, 7) is 2.09. The van der Waals surface area contributed by atoms with Gasteiger partial charge in [0, 0.05) is 18.7 Å². The van der Waals surface area contributed by atoms with Crippen molar-refractivity contribution in [1.29, 1.82) is 0 Å². The zero-order valence-corrected chi connectivity index (χ0v) is 14.5. The summed E-state index contributed by atoms with van der Waals surface area (Å²) in [5, 5.41) is 0.775. The van der Waals surface area contributed by atoms with Crippen molar-refractivity contribution in [2.75, 3.05) is 40.0 Å². The van der Waals surface area contributed by atoms with E-state index in [1.807, 2.05) is 0 Å². The van der Waals surface area contributed by atoms with Gasteiger partial charge < -0.3 is 19.1 Å². The number of hydrogen-bond donors (Lipinski definition) is 0. The molecular formula is C15H19Cl2NO5. The van der Waals surface area contributed by atoms with Crippen molar-refractivity contribution in [3.05, 3.63) is 28.2 Å². The molecule has 8 heteroatoms. The minimum Gasteiger partial charge on any atom is -0.482 e. The fourth-order valence-electron chi connectivity index (χ4n) is 1.68. The van der Waals surface area contributed by atoms with Gasteiger partial charge in [-0.05, 0) is 25.1 Å². The number of halogens is 2. The van der Waals surface area contributed by atoms with E-state index < -0.39 is 5.97 Å². The Morgan fingerprint density at radius 3 is 2.61 bits per heavy atom. The zero-order chi connectivity index (χ0) is 17.2. The number of methoxy groups -OCH3 is 1. The second kappa shape index (κ2) is 10.3. The lowest BCUT2D eigenvalue weighted by atomic mass is 10.3. The van der Waals surface area contributed by atoms with Gasteiger partial charge in [0.2, 0.25) is 0 Å². The smallest absolute Gasteiger partial charge is 0.325 e. The third-order valence-electron chi connectivity index (χ3n) is 2.79. The van der Waals surface area contributed by atoms with E-state index in [4.69, 9.17) is 37.4 Å². The van der Waals surface area contributed by atoms with E-state index in [1.54, 1.807) is 19.1 Å². The van der Waals surface area contributed by atoms with Crippen molar-refractivity contribution in [3.8, 4) is 5.75 Å². The van der Waals surface area contributed by atoms with Gasteiger partial charge in [0.15, 0.2) is 6.61 Å². The molecule has 23 heavy (non-hydrogen) atoms. The molecule has 0 aliphatic carbocycles. The molecule has 0 radical (unpaired) electrons. The van der Waals surface area contributed by atoms with Gasteiger partial charge in [0.1, 0.15) is 12.3 Å². The van der Waals surface area contributed by atoms with Crippen LogP contribution in [0.1, 0.15) is 6.92 Å². The minimum absolute atomic E-state index is 0.159. The maximum absolute atomic E-state index is 12.2. The third-order valence-corrected chi connectivity index (χ3v) is 3.32. The number of carbonyl (C=O) groups is 2. The van der Waals surface area contributed by atoms with E-state index in [1.165, 1.54) is 18.1 Å². The highest BCUT2D eigenvalue weighted by atomic mass is 35.5. The van der Waals surface area contributed by atoms with Crippen LogP contribution in [0.25, 0.3) is 0 Å². The standard InChI is InChI=1S/C15H19Cl2NO5/c1-3-22-15(20)9-18(6-7-21-2)14(19)10-23-13-5-4-11(16)8-12(13)17/h4-5,8H,3,6-7,9-10H2,1-2H3. The van der Waals surface area contributed by atoms with E-state index in [-0.39, 0.29) is 32.2 Å². The minimum atomic E-state index is -0.485. The molecule has 6 nitrogen and oxygen atoms in total. The Bertz CT molecular complexity index is 539. The highest BCUT2D eigenvalue weighted by Crippen LogP contribution is 2.27. The largest absolute Gasteiger partial charge is 0.482 e. The molecule has 0 saturated heterocycles. The Kier molecular flexibility index (Phi) is 8.76. The quantitative estimate of drug-likeness (QED) is 0.630. The summed E-state index contributed by atoms with van der Waals surface area (Å²) >= 11 is 11.8. The molecule has 1 aromatic rings. The second-order valence-electron chi connectivity index (χ2n) is 4.48. The van der Waals surface area contributed by atoms with Gasteiger partial charge in [0.25, 0.3) is 5.91 Å². The normalized spacial score (nSPS) is 10.3. The van der Waals surface area contributed by atoms with Crippen molar-refractivity contribution in [2.24, 2.45) is 0 Å². The van der Waals surface area contributed by atoms with E-state index in [2.05, 4.69) is 0 Å². The highest BCUT2D eigenvalue weighted by molar-refractivity contribution is 6.35. The molecule has 128 valence electrons. The highest BCUT2D eigenvalue weighted by Gasteiger charge is 2.18. The van der Waals surface area contributed by atoms with Gasteiger partial charge in [-0.1, -0.05) is 23.2 Å². The van der Waals surface area contributed by atoms with Gasteiger partial charge in [0.05, 0.1) is 18.2 Å². The number of rotatable bonds is 9. The first-order chi connectivity index (χ1) is 11.0. The molecule has 0 spiro atoms. The van der Waals surface area contributed by atoms with Crippen LogP contribution < -0.4 is 4.74 Å². The fraction of sp³-hybridized carbons (Fsp3) is 0.467. The molecule has 1 rings (SSSR count). The number of carbonyl (C=O) groups excluding carboxylic acids is 2. The summed E-state index contributed by atoms with van der Waals surface area (Å²) in [5.74, 6) is -0.519. The maximum atomic E-state index is 12.2. The number of amides is 1. The molecule has 0 N–H and O–H groups in total. The molecule has 1 aromatic carbocycles. The molecule has 0 heterocycles. The van der Waals surface area contributed by atoms with Crippen LogP contribution in [-0.2, 0) is 19.1 Å². The predicted molar refractivity (Wildman–Crippen MR) is 87.0 cm³/mol. The van der Waals surface area contributed by atoms with Crippen LogP contribution in [0.3, 0.4) is 0 Å². The monoisotopic (exact) mass is 363 g/mol. The van der Waals surface area contributed by atoms with E-state index in [0.29, 0.717) is 22.4 Å². The Morgan fingerprint density at radius 2 is 2.00 bits per heavy atom. The molecule has 0 aromatic heterocycles. The fourth-order valence-corrected chi connectivity index (χ4v) is 2.14. The summed E-state index contributed by atoms with van der Waals surface area (Å²) in [5.41, 5.74) is 0. The van der Waals surface area contributed by atoms with Gasteiger partial charge in [-0.3, -0.25) is 9.59 Å². The molecule has 0 saturated carbocycles. The van der Waals surface area contributed by atoms with Crippen molar-refractivity contribution in [2.45, 2.75) is 6.92 Å². The van der Waals surface area contributed by atoms with Crippen molar-refractivity contribution >= 4 is 35.1 Å². The Hall–Kier alpha value is -1.50. The Balaban J connectivity index is 2.62. The van der Waals surface area contributed by atoms with Crippen LogP contribution >= 0.6 is 23.2 Å². The van der Waals surface area contributed by atoms with Gasteiger partial charge in [-0.15, -0.1) is 0 Å². The maximum Gasteiger partial charge on any atom is 0.325 e. The summed E-state index contributed by atoms with van der Waals surface area (Å²) in [7, 11) is 1.51. The average molecular weight is 364 g/mol. The topological polar surface area (TPSA) is 65.1 Å². The lowest BCUT2D eigenvalue weighted by Crippen LogP contribution is -2.41. The molecule has 0 aliphatic rings. The van der Waals surface area contributed by atoms with Gasteiger partial charge in [-0.25, -0.2) is 0 Å². The summed E-state index contributed by atoms with van der Waals surface area (Å²) in [6.07, 6.45) is 0. The van der Waals surface area contributed by atoms with Crippen molar-refractivity contribution in [3.63, 3.8) is 0 Å². The Morgan fingerprint density at radius 1 is 1.26 bits per heavy atom. The summed E-state index contributed by atoms with van der Waals surface area (Å²) < 4.78 is 15.2. The molecule has 0 fully saturated rings. The summed E-state index contributed by atoms with van der Waals surface area (Å²) in [6, 6.07) is 4.70. The molecule has 0 bridgehead atoms. The predicted octanol–water partition coefficient (Wildman–Crippen LogP) is 2.41. The molecule has 0 atom stereocenters. The van der Waals surface area contributed by atoms with Crippen molar-refractivity contribution < 1.29 is 23.8 Å². The van der Waals surface area contributed by atoms with Crippen LogP contribution in [0.2, 0.25) is 10.0 Å². The number of benzene rings is 1. The number of nitrogens with zero attached hydrogens (tertiary/aromatic N) is 1. The van der Waals surface area contributed by atoms with Crippen LogP contribution in [0.5, 0.6) is 5.75 Å². The van der Waals surface area contributed by atoms with E-state index in [0.717, 1.165) is 0 Å². The van der Waals surface area contributed by atoms with Crippen LogP contribution in [-0.4, -0.2) is 56.8 Å². The first-order valence-corrected chi connectivity index (χ1v) is 7.73. The number of ether oxygens (including phenoxy) is 3. The van der Waals surface area contributed by atoms with Gasteiger partial charge >= 0.3 is 5.97 Å². The SMILES string of the molecule is CCOC(=O)CN(CCOC)C(=O)COc1ccc(Cl)cc1Cl. The van der Waals surface area contributed by atoms with Crippen LogP contribution in [0.15, 0.2) is 18.2 Å².